The van der Waals surface area contributed by atoms with Crippen molar-refractivity contribution in [1.82, 2.24) is 0 Å². The molecule has 5 aliphatic rings. The molecule has 16 bridgehead atoms. The van der Waals surface area contributed by atoms with Gasteiger partial charge in [-0.15, -0.1) is 0 Å². The number of ether oxygens (including phenoxy) is 1. The topological polar surface area (TPSA) is 48.5 Å². The zero-order valence-corrected chi connectivity index (χ0v) is 39.2. The van der Waals surface area contributed by atoms with Crippen molar-refractivity contribution in [1.29, 1.82) is 0 Å². The van der Waals surface area contributed by atoms with Crippen molar-refractivity contribution in [2.45, 2.75) is 0 Å². The summed E-state index contributed by atoms with van der Waals surface area (Å²) >= 11 is -1.20. The second-order valence-corrected chi connectivity index (χ2v) is 21.0. The van der Waals surface area contributed by atoms with Crippen molar-refractivity contribution in [2.75, 3.05) is 19.6 Å². The molecule has 0 saturated heterocycles. The van der Waals surface area contributed by atoms with Gasteiger partial charge >= 0.3 is 411 Å². The van der Waals surface area contributed by atoms with Crippen LogP contribution in [-0.2, 0) is 17.6 Å². The molecular weight excluding hydrogens is 1040 g/mol. The van der Waals surface area contributed by atoms with E-state index in [1.807, 2.05) is 0 Å². The Labute approximate surface area is 408 Å². The summed E-state index contributed by atoms with van der Waals surface area (Å²) in [6.07, 6.45) is 0. The van der Waals surface area contributed by atoms with Gasteiger partial charge in [0.05, 0.1) is 0 Å². The van der Waals surface area contributed by atoms with E-state index in [0.29, 0.717) is 0 Å². The van der Waals surface area contributed by atoms with Crippen LogP contribution in [0.3, 0.4) is 0 Å². The molecule has 10 aromatic carbocycles. The second kappa shape index (κ2) is 13.5. The third kappa shape index (κ3) is 4.96. The maximum absolute atomic E-state index is 6.86. The van der Waals surface area contributed by atoms with Gasteiger partial charge in [-0.25, -0.2) is 0 Å². The molecule has 2 aromatic heterocycles. The van der Waals surface area contributed by atoms with E-state index in [-0.39, 0.29) is 0 Å². The molecule has 0 N–H and O–H groups in total. The van der Waals surface area contributed by atoms with Crippen molar-refractivity contribution in [2.24, 2.45) is 0 Å². The quantitative estimate of drug-likeness (QED) is 0.150. The first-order valence-electron chi connectivity index (χ1n) is 23.5. The van der Waals surface area contributed by atoms with Gasteiger partial charge in [0.1, 0.15) is 0 Å². The number of rotatable bonds is 0. The first-order valence-corrected chi connectivity index (χ1v) is 25.7. The Bertz CT molecular complexity index is 4010. The van der Waals surface area contributed by atoms with Crippen molar-refractivity contribution in [3.05, 3.63) is 206 Å². The van der Waals surface area contributed by atoms with Crippen LogP contribution in [0.1, 0.15) is 0 Å². The average molecular weight is 1080 g/mol. The Morgan fingerprint density at radius 2 is 0.643 bits per heavy atom. The normalized spacial score (nSPS) is 14.6. The number of anilines is 8. The molecule has 8 heteroatoms. The van der Waals surface area contributed by atoms with E-state index in [9.17, 15) is 0 Å². The van der Waals surface area contributed by atoms with Crippen molar-refractivity contribution >= 4 is 97.7 Å². The summed E-state index contributed by atoms with van der Waals surface area (Å²) in [6, 6.07) is 75.7. The minimum absolute atomic E-state index is 0.774. The van der Waals surface area contributed by atoms with Crippen molar-refractivity contribution in [3.8, 4) is 56.0 Å². The third-order valence-electron chi connectivity index (χ3n) is 14.6. The van der Waals surface area contributed by atoms with E-state index >= 15 is 0 Å². The molecule has 7 nitrogen and oxygen atoms in total. The summed E-state index contributed by atoms with van der Waals surface area (Å²) < 4.78 is 22.6. The molecule has 5 aliphatic heterocycles. The van der Waals surface area contributed by atoms with Crippen LogP contribution < -0.4 is 24.3 Å². The van der Waals surface area contributed by atoms with Crippen LogP contribution in [-0.4, -0.2) is 8.29 Å². The van der Waals surface area contributed by atoms with E-state index in [1.54, 1.807) is 0 Å². The fraction of sp³-hybridized carbons (Fsp3) is 0. The van der Waals surface area contributed by atoms with Crippen molar-refractivity contribution in [3.63, 3.8) is 0 Å². The molecule has 0 amide bonds. The van der Waals surface area contributed by atoms with Crippen LogP contribution in [0.15, 0.2) is 215 Å². The van der Waals surface area contributed by atoms with Gasteiger partial charge in [-0.3, -0.25) is 0 Å². The molecule has 0 atom stereocenters. The Morgan fingerprint density at radius 1 is 0.300 bits per heavy atom. The van der Waals surface area contributed by atoms with Crippen LogP contribution in [0.4, 0.5) is 45.5 Å². The monoisotopic (exact) mass is 1080 g/mol. The predicted molar refractivity (Wildman–Crippen MR) is 281 cm³/mol. The van der Waals surface area contributed by atoms with Gasteiger partial charge in [-0.2, -0.15) is 0 Å². The Kier molecular flexibility index (Phi) is 7.17. The Morgan fingerprint density at radius 3 is 1.01 bits per heavy atom. The Hall–Kier alpha value is -8.77. The fourth-order valence-electron chi connectivity index (χ4n) is 11.6. The van der Waals surface area contributed by atoms with Crippen LogP contribution in [0.25, 0.3) is 88.4 Å². The molecule has 70 heavy (non-hydrogen) atoms. The summed E-state index contributed by atoms with van der Waals surface area (Å²) in [5, 5.41) is 4.31. The number of benzene rings is 10. The molecule has 0 spiro atoms. The van der Waals surface area contributed by atoms with Gasteiger partial charge in [0.25, 0.3) is 0 Å². The Balaban J connectivity index is 1.16. The molecule has 7 heterocycles. The number of hydrogen-bond acceptors (Lipinski definition) is 7. The zero-order chi connectivity index (χ0) is 45.3. The number of hydrogen-bond donors (Lipinski definition) is 0. The zero-order valence-electron chi connectivity index (χ0n) is 37.0. The van der Waals surface area contributed by atoms with Gasteiger partial charge in [0.15, 0.2) is 0 Å². The summed E-state index contributed by atoms with van der Waals surface area (Å²) in [7, 11) is 0. The molecule has 0 unspecified atom stereocenters. The van der Waals surface area contributed by atoms with Crippen molar-refractivity contribution < 1.29 is 31.2 Å². The van der Waals surface area contributed by atoms with Gasteiger partial charge in [0.2, 0.25) is 0 Å². The molecule has 0 radical (unpaired) electrons. The van der Waals surface area contributed by atoms with E-state index < -0.39 is 17.6 Å². The number of para-hydroxylation sites is 6. The van der Waals surface area contributed by atoms with Gasteiger partial charge in [0, 0.05) is 0 Å². The van der Waals surface area contributed by atoms with Gasteiger partial charge < -0.3 is 0 Å². The number of nitrogens with zero attached hydrogens (tertiary/aromatic N) is 4. The molecule has 0 fully saturated rings. The van der Waals surface area contributed by atoms with Crippen LogP contribution in [0, 0.1) is 0 Å². The molecule has 12 aromatic rings. The van der Waals surface area contributed by atoms with E-state index in [2.05, 4.69) is 226 Å². The fourth-order valence-corrected chi connectivity index (χ4v) is 15.2. The van der Waals surface area contributed by atoms with E-state index in [0.717, 1.165) is 145 Å². The maximum atomic E-state index is 6.86. The minimum atomic E-state index is -1.20. The predicted octanol–water partition coefficient (Wildman–Crippen LogP) is 16.4. The molecule has 17 rings (SSSR count). The van der Waals surface area contributed by atoms with Crippen LogP contribution >= 0.6 is 0 Å². The third-order valence-corrected chi connectivity index (χ3v) is 17.7. The number of furan rings is 2. The molecule has 330 valence electrons. The number of fused-ring (bicyclic) bond motifs is 18. The summed E-state index contributed by atoms with van der Waals surface area (Å²) in [6.45, 7) is 0. The molecule has 0 saturated carbocycles. The van der Waals surface area contributed by atoms with Gasteiger partial charge in [-0.1, -0.05) is 0 Å². The molecule has 0 aliphatic carbocycles. The van der Waals surface area contributed by atoms with Crippen LogP contribution in [0.5, 0.6) is 11.5 Å². The summed E-state index contributed by atoms with van der Waals surface area (Å²) in [4.78, 5) is 10.2. The first kappa shape index (κ1) is 37.2. The summed E-state index contributed by atoms with van der Waals surface area (Å²) in [5.41, 5.74) is 21.0. The summed E-state index contributed by atoms with van der Waals surface area (Å²) in [5.74, 6) is 1.55. The van der Waals surface area contributed by atoms with Crippen LogP contribution in [0.2, 0.25) is 0 Å². The van der Waals surface area contributed by atoms with Gasteiger partial charge in [-0.05, 0) is 0 Å². The standard InChI is InChI=1S/C62H34N4O3.Pt/c1-3-19-55-53(17-1)63-35-65(55)61-45-13-7-14-46(61)38-22-26-58-50(30-38)52-32-40(24-28-60(52)69-58)48-16-8-15-47(39-23-27-59-51(31-39)49-29-37(45)21-25-57(49)68-59)62(48)66-36-64(54-18-2-4-20-56(54)66)42-10-6-12-44(34-42)67-43-11-5-9-41(63)33-43;/h1-34H;. The van der Waals surface area contributed by atoms with E-state index in [4.69, 9.17) is 13.6 Å². The first-order chi connectivity index (χ1) is 34.7. The second-order valence-electron chi connectivity index (χ2n) is 18.4. The van der Waals surface area contributed by atoms with E-state index in [1.165, 1.54) is 8.29 Å². The SMILES string of the molecule is c1cc2cc(c1)N1[C]3=[Pt]=[C]4N(c5cccc(c5)O2)c2ccccc2N4c2c4cccc2-c2ccc5oc6ccc(cc6c5c2)-c2cccc(c2N3c2ccccc21)-c1ccc2oc3ccc-4cc3c2c1. The molecular formula is C62H34N4O3Pt. The average Bonchev–Trinajstić information content (AvgIpc) is 4.14.